The zero-order chi connectivity index (χ0) is 18.8. The molecular weight excluding hydrogens is 336 g/mol. The van der Waals surface area contributed by atoms with Crippen LogP contribution in [0.5, 0.6) is 0 Å². The first kappa shape index (κ1) is 17.6. The summed E-state index contributed by atoms with van der Waals surface area (Å²) in [4.78, 5) is 14.9. The lowest BCUT2D eigenvalue weighted by Crippen LogP contribution is -2.39. The van der Waals surface area contributed by atoms with Gasteiger partial charge < -0.3 is 9.47 Å². The van der Waals surface area contributed by atoms with Crippen molar-refractivity contribution in [1.82, 2.24) is 19.2 Å². The monoisotopic (exact) mass is 362 g/mol. The van der Waals surface area contributed by atoms with Gasteiger partial charge in [-0.2, -0.15) is 5.10 Å². The van der Waals surface area contributed by atoms with Gasteiger partial charge in [-0.25, -0.2) is 0 Å². The maximum absolute atomic E-state index is 12.9. The van der Waals surface area contributed by atoms with Crippen molar-refractivity contribution in [2.24, 2.45) is 5.92 Å². The molecule has 3 heterocycles. The molecule has 0 radical (unpaired) electrons. The Bertz CT molecular complexity index is 918. The number of amides is 1. The summed E-state index contributed by atoms with van der Waals surface area (Å²) in [7, 11) is 0. The van der Waals surface area contributed by atoms with Crippen molar-refractivity contribution >= 4 is 5.91 Å². The third-order valence-electron chi connectivity index (χ3n) is 5.43. The van der Waals surface area contributed by atoms with E-state index in [1.807, 2.05) is 65.2 Å². The molecular formula is C22H26N4O. The molecule has 140 valence electrons. The Balaban J connectivity index is 1.39. The Morgan fingerprint density at radius 2 is 1.81 bits per heavy atom. The standard InChI is InChI=1S/C22H26N4O/c1-17-14-18(2)26(23-17)16-19-8-12-25(13-9-19)22(27)20-6-5-7-21(15-20)24-10-3-4-11-24/h3-7,10-11,14-15,19H,8-9,12-13,16H2,1-2H3. The topological polar surface area (TPSA) is 43.1 Å². The number of piperidine rings is 1. The van der Waals surface area contributed by atoms with Gasteiger partial charge in [-0.1, -0.05) is 6.07 Å². The number of aryl methyl sites for hydroxylation is 2. The van der Waals surface area contributed by atoms with Gasteiger partial charge in [0.1, 0.15) is 0 Å². The van der Waals surface area contributed by atoms with E-state index in [0.717, 1.165) is 49.4 Å². The molecule has 0 bridgehead atoms. The number of hydrogen-bond acceptors (Lipinski definition) is 2. The summed E-state index contributed by atoms with van der Waals surface area (Å²) in [6, 6.07) is 14.0. The molecule has 3 aromatic rings. The number of benzene rings is 1. The van der Waals surface area contributed by atoms with Gasteiger partial charge in [-0.15, -0.1) is 0 Å². The molecule has 1 aliphatic rings. The van der Waals surface area contributed by atoms with Crippen molar-refractivity contribution in [2.75, 3.05) is 13.1 Å². The average molecular weight is 362 g/mol. The molecule has 27 heavy (non-hydrogen) atoms. The van der Waals surface area contributed by atoms with Crippen LogP contribution in [0.25, 0.3) is 5.69 Å². The van der Waals surface area contributed by atoms with Crippen LogP contribution in [-0.2, 0) is 6.54 Å². The second-order valence-corrected chi connectivity index (χ2v) is 7.49. The number of rotatable bonds is 4. The molecule has 0 aliphatic carbocycles. The first-order valence-corrected chi connectivity index (χ1v) is 9.64. The minimum absolute atomic E-state index is 0.133. The summed E-state index contributed by atoms with van der Waals surface area (Å²) < 4.78 is 4.13. The number of carbonyl (C=O) groups excluding carboxylic acids is 1. The molecule has 1 aliphatic heterocycles. The maximum atomic E-state index is 12.9. The van der Waals surface area contributed by atoms with E-state index in [2.05, 4.69) is 22.8 Å². The molecule has 0 spiro atoms. The molecule has 0 saturated carbocycles. The highest BCUT2D eigenvalue weighted by Crippen LogP contribution is 2.22. The molecule has 2 aromatic heterocycles. The van der Waals surface area contributed by atoms with Crippen molar-refractivity contribution in [1.29, 1.82) is 0 Å². The molecule has 1 fully saturated rings. The molecule has 0 unspecified atom stereocenters. The van der Waals surface area contributed by atoms with Gasteiger partial charge in [0.15, 0.2) is 0 Å². The largest absolute Gasteiger partial charge is 0.339 e. The van der Waals surface area contributed by atoms with Gasteiger partial charge in [-0.05, 0) is 69.0 Å². The zero-order valence-electron chi connectivity index (χ0n) is 16.0. The van der Waals surface area contributed by atoms with Crippen LogP contribution in [-0.4, -0.2) is 38.2 Å². The Morgan fingerprint density at radius 3 is 2.48 bits per heavy atom. The molecule has 0 N–H and O–H groups in total. The lowest BCUT2D eigenvalue weighted by molar-refractivity contribution is 0.0681. The highest BCUT2D eigenvalue weighted by Gasteiger charge is 2.24. The number of hydrogen-bond donors (Lipinski definition) is 0. The van der Waals surface area contributed by atoms with E-state index in [1.54, 1.807) is 0 Å². The van der Waals surface area contributed by atoms with Gasteiger partial charge in [0.25, 0.3) is 5.91 Å². The summed E-state index contributed by atoms with van der Waals surface area (Å²) >= 11 is 0. The van der Waals surface area contributed by atoms with Gasteiger partial charge >= 0.3 is 0 Å². The SMILES string of the molecule is Cc1cc(C)n(CC2CCN(C(=O)c3cccc(-n4cccc4)c3)CC2)n1. The lowest BCUT2D eigenvalue weighted by atomic mass is 9.96. The van der Waals surface area contributed by atoms with Crippen LogP contribution in [0.2, 0.25) is 0 Å². The van der Waals surface area contributed by atoms with E-state index in [9.17, 15) is 4.79 Å². The quantitative estimate of drug-likeness (QED) is 0.708. The van der Waals surface area contributed by atoms with Crippen LogP contribution < -0.4 is 0 Å². The van der Waals surface area contributed by atoms with Gasteiger partial charge in [0.05, 0.1) is 5.69 Å². The summed E-state index contributed by atoms with van der Waals surface area (Å²) in [5, 5.41) is 4.57. The van der Waals surface area contributed by atoms with Crippen molar-refractivity contribution in [3.63, 3.8) is 0 Å². The Hall–Kier alpha value is -2.82. The summed E-state index contributed by atoms with van der Waals surface area (Å²) in [6.45, 7) is 6.72. The van der Waals surface area contributed by atoms with Crippen molar-refractivity contribution in [2.45, 2.75) is 33.2 Å². The van der Waals surface area contributed by atoms with Crippen LogP contribution in [0.15, 0.2) is 54.9 Å². The summed E-state index contributed by atoms with van der Waals surface area (Å²) in [6.07, 6.45) is 6.05. The number of carbonyl (C=O) groups is 1. The highest BCUT2D eigenvalue weighted by molar-refractivity contribution is 5.94. The van der Waals surface area contributed by atoms with E-state index in [4.69, 9.17) is 0 Å². The fraction of sp³-hybridized carbons (Fsp3) is 0.364. The van der Waals surface area contributed by atoms with E-state index >= 15 is 0 Å². The van der Waals surface area contributed by atoms with Crippen molar-refractivity contribution in [3.8, 4) is 5.69 Å². The first-order valence-electron chi connectivity index (χ1n) is 9.64. The average Bonchev–Trinajstić information content (AvgIpc) is 3.32. The third kappa shape index (κ3) is 3.82. The fourth-order valence-corrected chi connectivity index (χ4v) is 3.91. The van der Waals surface area contributed by atoms with Crippen molar-refractivity contribution in [3.05, 3.63) is 71.8 Å². The minimum atomic E-state index is 0.133. The Kier molecular flexibility index (Phi) is 4.84. The Morgan fingerprint density at radius 1 is 1.07 bits per heavy atom. The van der Waals surface area contributed by atoms with E-state index in [-0.39, 0.29) is 5.91 Å². The van der Waals surface area contributed by atoms with Crippen LogP contribution in [0.3, 0.4) is 0 Å². The molecule has 1 aromatic carbocycles. The molecule has 1 amide bonds. The first-order chi connectivity index (χ1) is 13.1. The fourth-order valence-electron chi connectivity index (χ4n) is 3.91. The second-order valence-electron chi connectivity index (χ2n) is 7.49. The molecule has 5 nitrogen and oxygen atoms in total. The summed E-state index contributed by atoms with van der Waals surface area (Å²) in [5.41, 5.74) is 4.07. The van der Waals surface area contributed by atoms with Crippen LogP contribution >= 0.6 is 0 Å². The lowest BCUT2D eigenvalue weighted by Gasteiger charge is -2.32. The Labute approximate surface area is 160 Å². The van der Waals surface area contributed by atoms with Crippen LogP contribution in [0.4, 0.5) is 0 Å². The van der Waals surface area contributed by atoms with E-state index in [0.29, 0.717) is 5.92 Å². The van der Waals surface area contributed by atoms with Crippen molar-refractivity contribution < 1.29 is 4.79 Å². The van der Waals surface area contributed by atoms with Crippen LogP contribution in [0, 0.1) is 19.8 Å². The minimum Gasteiger partial charge on any atom is -0.339 e. The molecule has 0 atom stereocenters. The van der Waals surface area contributed by atoms with Crippen LogP contribution in [0.1, 0.15) is 34.6 Å². The highest BCUT2D eigenvalue weighted by atomic mass is 16.2. The molecule has 5 heteroatoms. The predicted molar refractivity (Wildman–Crippen MR) is 106 cm³/mol. The number of likely N-dealkylation sites (tertiary alicyclic amines) is 1. The normalized spacial score (nSPS) is 15.3. The van der Waals surface area contributed by atoms with Gasteiger partial charge in [0, 0.05) is 49.0 Å². The molecule has 1 saturated heterocycles. The summed E-state index contributed by atoms with van der Waals surface area (Å²) in [5.74, 6) is 0.715. The smallest absolute Gasteiger partial charge is 0.253 e. The van der Waals surface area contributed by atoms with E-state index in [1.165, 1.54) is 5.69 Å². The predicted octanol–water partition coefficient (Wildman–Crippen LogP) is 3.84. The number of nitrogens with zero attached hydrogens (tertiary/aromatic N) is 4. The second kappa shape index (κ2) is 7.43. The van der Waals surface area contributed by atoms with Gasteiger partial charge in [-0.3, -0.25) is 9.48 Å². The third-order valence-corrected chi connectivity index (χ3v) is 5.43. The van der Waals surface area contributed by atoms with Gasteiger partial charge in [0.2, 0.25) is 0 Å². The maximum Gasteiger partial charge on any atom is 0.253 e. The zero-order valence-corrected chi connectivity index (χ0v) is 16.0. The van der Waals surface area contributed by atoms with E-state index < -0.39 is 0 Å². The molecule has 4 rings (SSSR count). The number of aromatic nitrogens is 3.